The second-order valence-corrected chi connectivity index (χ2v) is 9.33. The van der Waals surface area contributed by atoms with Gasteiger partial charge in [-0.3, -0.25) is 9.59 Å². The van der Waals surface area contributed by atoms with Gasteiger partial charge in [0.15, 0.2) is 0 Å². The number of likely N-dealkylation sites (tertiary alicyclic amines) is 1. The van der Waals surface area contributed by atoms with Gasteiger partial charge in [0, 0.05) is 31.1 Å². The maximum atomic E-state index is 13.1. The van der Waals surface area contributed by atoms with Crippen molar-refractivity contribution in [3.05, 3.63) is 59.9 Å². The Balaban J connectivity index is 1.29. The minimum atomic E-state index is -0.0695. The lowest BCUT2D eigenvalue weighted by Gasteiger charge is -2.33. The van der Waals surface area contributed by atoms with Crippen LogP contribution in [0.15, 0.2) is 48.5 Å². The fraction of sp³-hybridized carbons (Fsp3) is 0.464. The van der Waals surface area contributed by atoms with Gasteiger partial charge in [0.2, 0.25) is 5.91 Å². The van der Waals surface area contributed by atoms with Crippen LogP contribution < -0.4 is 10.1 Å². The van der Waals surface area contributed by atoms with Crippen molar-refractivity contribution in [2.24, 2.45) is 0 Å². The van der Waals surface area contributed by atoms with Crippen LogP contribution in [-0.2, 0) is 17.8 Å². The molecular weight excluding hydrogens is 440 g/mol. The molecule has 1 unspecified atom stereocenters. The van der Waals surface area contributed by atoms with E-state index in [0.717, 1.165) is 67.7 Å². The molecule has 0 radical (unpaired) electrons. The molecule has 0 saturated carbocycles. The maximum absolute atomic E-state index is 13.1. The van der Waals surface area contributed by atoms with Crippen molar-refractivity contribution in [2.45, 2.75) is 64.5 Å². The van der Waals surface area contributed by atoms with Crippen LogP contribution in [-0.4, -0.2) is 52.5 Å². The number of nitrogens with zero attached hydrogens (tertiary/aromatic N) is 3. The number of amides is 2. The molecule has 2 amide bonds. The molecule has 7 heteroatoms. The van der Waals surface area contributed by atoms with Gasteiger partial charge in [0.1, 0.15) is 18.1 Å². The van der Waals surface area contributed by atoms with Crippen molar-refractivity contribution in [2.75, 3.05) is 20.2 Å². The summed E-state index contributed by atoms with van der Waals surface area (Å²) in [6.45, 7) is 3.98. The van der Waals surface area contributed by atoms with Crippen LogP contribution in [0.5, 0.6) is 5.75 Å². The first-order valence-corrected chi connectivity index (χ1v) is 12.7. The highest BCUT2D eigenvalue weighted by atomic mass is 16.5. The smallest absolute Gasteiger partial charge is 0.251 e. The highest BCUT2D eigenvalue weighted by molar-refractivity contribution is 5.94. The summed E-state index contributed by atoms with van der Waals surface area (Å²) >= 11 is 0. The monoisotopic (exact) mass is 476 g/mol. The third-order valence-electron chi connectivity index (χ3n) is 6.87. The molecule has 0 spiro atoms. The number of benzene rings is 2. The van der Waals surface area contributed by atoms with Crippen LogP contribution in [0, 0.1) is 0 Å². The summed E-state index contributed by atoms with van der Waals surface area (Å²) in [6, 6.07) is 15.5. The average Bonchev–Trinajstić information content (AvgIpc) is 3.23. The van der Waals surface area contributed by atoms with Gasteiger partial charge in [-0.25, -0.2) is 4.98 Å². The number of aromatic nitrogens is 2. The fourth-order valence-electron chi connectivity index (χ4n) is 4.82. The Morgan fingerprint density at radius 2 is 1.86 bits per heavy atom. The van der Waals surface area contributed by atoms with E-state index < -0.39 is 0 Å². The molecule has 1 aromatic heterocycles. The summed E-state index contributed by atoms with van der Waals surface area (Å²) in [4.78, 5) is 32.3. The third kappa shape index (κ3) is 6.21. The number of carbonyl (C=O) groups is 2. The van der Waals surface area contributed by atoms with Crippen molar-refractivity contribution in [1.82, 2.24) is 19.8 Å². The molecule has 7 nitrogen and oxygen atoms in total. The quantitative estimate of drug-likeness (QED) is 0.434. The molecule has 3 aromatic rings. The van der Waals surface area contributed by atoms with Crippen LogP contribution in [0.25, 0.3) is 11.0 Å². The van der Waals surface area contributed by atoms with Crippen LogP contribution in [0.3, 0.4) is 0 Å². The van der Waals surface area contributed by atoms with E-state index in [9.17, 15) is 9.59 Å². The van der Waals surface area contributed by atoms with E-state index in [1.165, 1.54) is 6.42 Å². The van der Waals surface area contributed by atoms with Crippen molar-refractivity contribution in [1.29, 1.82) is 0 Å². The number of rotatable bonds is 10. The molecule has 1 aliphatic heterocycles. The van der Waals surface area contributed by atoms with Crippen LogP contribution >= 0.6 is 0 Å². The molecule has 0 aliphatic carbocycles. The number of methoxy groups -OCH3 is 1. The van der Waals surface area contributed by atoms with E-state index in [-0.39, 0.29) is 11.8 Å². The number of carbonyl (C=O) groups excluding carboxylic acids is 2. The van der Waals surface area contributed by atoms with E-state index in [1.54, 1.807) is 31.4 Å². The van der Waals surface area contributed by atoms with Gasteiger partial charge in [-0.05, 0) is 75.4 Å². The predicted octanol–water partition coefficient (Wildman–Crippen LogP) is 4.59. The molecule has 2 heterocycles. The van der Waals surface area contributed by atoms with E-state index >= 15 is 0 Å². The summed E-state index contributed by atoms with van der Waals surface area (Å²) in [5.74, 6) is 1.81. The molecule has 2 aromatic carbocycles. The Hall–Kier alpha value is -3.35. The van der Waals surface area contributed by atoms with Crippen molar-refractivity contribution in [3.8, 4) is 5.75 Å². The molecule has 1 aliphatic rings. The van der Waals surface area contributed by atoms with Gasteiger partial charge in [-0.2, -0.15) is 0 Å². The molecule has 1 N–H and O–H groups in total. The number of ether oxygens (including phenoxy) is 1. The normalized spacial score (nSPS) is 15.8. The van der Waals surface area contributed by atoms with Crippen molar-refractivity contribution >= 4 is 22.8 Å². The number of hydrogen-bond acceptors (Lipinski definition) is 4. The van der Waals surface area contributed by atoms with Gasteiger partial charge in [-0.1, -0.05) is 18.6 Å². The SMILES string of the molecule is COc1ccc(C(=O)NCCCCCc2nc3ccccc3n2CC(=O)N2CCCCC2C)cc1. The number of para-hydroxylation sites is 2. The van der Waals surface area contributed by atoms with Crippen LogP contribution in [0.2, 0.25) is 0 Å². The minimum absolute atomic E-state index is 0.0695. The lowest BCUT2D eigenvalue weighted by Crippen LogP contribution is -2.43. The number of unbranched alkanes of at least 4 members (excludes halogenated alkanes) is 2. The predicted molar refractivity (Wildman–Crippen MR) is 138 cm³/mol. The lowest BCUT2D eigenvalue weighted by atomic mass is 10.0. The molecule has 1 atom stereocenters. The molecule has 1 saturated heterocycles. The van der Waals surface area contributed by atoms with Gasteiger partial charge < -0.3 is 19.5 Å². The summed E-state index contributed by atoms with van der Waals surface area (Å²) in [6.07, 6.45) is 7.00. The molecule has 4 rings (SSSR count). The Bertz CT molecular complexity index is 1140. The largest absolute Gasteiger partial charge is 0.497 e. The van der Waals surface area contributed by atoms with E-state index in [4.69, 9.17) is 9.72 Å². The Kier molecular flexibility index (Phi) is 8.40. The third-order valence-corrected chi connectivity index (χ3v) is 6.87. The number of aryl methyl sites for hydroxylation is 1. The first-order valence-electron chi connectivity index (χ1n) is 12.7. The molecule has 35 heavy (non-hydrogen) atoms. The molecule has 186 valence electrons. The number of piperidine rings is 1. The summed E-state index contributed by atoms with van der Waals surface area (Å²) in [7, 11) is 1.61. The van der Waals surface area contributed by atoms with Crippen LogP contribution in [0.4, 0.5) is 0 Å². The van der Waals surface area contributed by atoms with Gasteiger partial charge in [0.25, 0.3) is 5.91 Å². The molecular formula is C28H36N4O3. The fourth-order valence-corrected chi connectivity index (χ4v) is 4.82. The number of imidazole rings is 1. The van der Waals surface area contributed by atoms with E-state index in [2.05, 4.69) is 16.8 Å². The zero-order valence-corrected chi connectivity index (χ0v) is 20.8. The highest BCUT2D eigenvalue weighted by Crippen LogP contribution is 2.21. The van der Waals surface area contributed by atoms with Crippen molar-refractivity contribution in [3.63, 3.8) is 0 Å². The van der Waals surface area contributed by atoms with E-state index in [0.29, 0.717) is 24.7 Å². The number of fused-ring (bicyclic) bond motifs is 1. The second kappa shape index (κ2) is 11.9. The Labute approximate surface area is 207 Å². The summed E-state index contributed by atoms with van der Waals surface area (Å²) in [5.41, 5.74) is 2.59. The minimum Gasteiger partial charge on any atom is -0.497 e. The van der Waals surface area contributed by atoms with Crippen LogP contribution in [0.1, 0.15) is 61.6 Å². The van der Waals surface area contributed by atoms with Gasteiger partial charge >= 0.3 is 0 Å². The standard InChI is InChI=1S/C28H36N4O3/c1-21-10-7-9-19-31(21)27(33)20-32-25-12-6-5-11-24(25)30-26(32)13-4-3-8-18-29-28(34)22-14-16-23(35-2)17-15-22/h5-6,11-12,14-17,21H,3-4,7-10,13,18-20H2,1-2H3,(H,29,34). The van der Waals surface area contributed by atoms with Gasteiger partial charge in [0.05, 0.1) is 18.1 Å². The zero-order chi connectivity index (χ0) is 24.6. The number of hydrogen-bond donors (Lipinski definition) is 1. The summed E-state index contributed by atoms with van der Waals surface area (Å²) in [5, 5.41) is 2.98. The topological polar surface area (TPSA) is 76.5 Å². The lowest BCUT2D eigenvalue weighted by molar-refractivity contribution is -0.135. The molecule has 0 bridgehead atoms. The maximum Gasteiger partial charge on any atom is 0.251 e. The molecule has 1 fully saturated rings. The zero-order valence-electron chi connectivity index (χ0n) is 20.8. The Morgan fingerprint density at radius 1 is 1.06 bits per heavy atom. The first kappa shape index (κ1) is 24.8. The first-order chi connectivity index (χ1) is 17.1. The Morgan fingerprint density at radius 3 is 2.63 bits per heavy atom. The second-order valence-electron chi connectivity index (χ2n) is 9.33. The van der Waals surface area contributed by atoms with Crippen molar-refractivity contribution < 1.29 is 14.3 Å². The van der Waals surface area contributed by atoms with Gasteiger partial charge in [-0.15, -0.1) is 0 Å². The highest BCUT2D eigenvalue weighted by Gasteiger charge is 2.24. The average molecular weight is 477 g/mol. The summed E-state index contributed by atoms with van der Waals surface area (Å²) < 4.78 is 7.24. The van der Waals surface area contributed by atoms with E-state index in [1.807, 2.05) is 29.2 Å². The number of nitrogens with one attached hydrogen (secondary N) is 1.